The molecule has 0 nitrogen and oxygen atoms in total. The highest BCUT2D eigenvalue weighted by atomic mass is 32.1. The Morgan fingerprint density at radius 1 is 1.09 bits per heavy atom. The zero-order valence-electron chi connectivity index (χ0n) is 6.42. The summed E-state index contributed by atoms with van der Waals surface area (Å²) in [6.07, 6.45) is 2.64. The van der Waals surface area contributed by atoms with Crippen molar-refractivity contribution >= 4 is 16.2 Å². The van der Waals surface area contributed by atoms with Crippen LogP contribution in [-0.4, -0.2) is 10.6 Å². The van der Waals surface area contributed by atoms with Gasteiger partial charge in [-0.3, -0.25) is 0 Å². The third kappa shape index (κ3) is 1.48. The summed E-state index contributed by atoms with van der Waals surface area (Å²) in [7, 11) is 0. The first kappa shape index (κ1) is 6.99. The van der Waals surface area contributed by atoms with Gasteiger partial charge in [0.15, 0.2) is 17.1 Å². The molecule has 0 fully saturated rings. The average molecular weight is 163 g/mol. The number of rotatable bonds is 1. The fourth-order valence-corrected chi connectivity index (χ4v) is 2.48. The predicted octanol–water partition coefficient (Wildman–Crippen LogP) is 2.08. The Bertz CT molecular complexity index is 261. The highest BCUT2D eigenvalue weighted by Gasteiger charge is 2.19. The van der Waals surface area contributed by atoms with Gasteiger partial charge in [-0.15, -0.1) is 0 Å². The Kier molecular flexibility index (Phi) is 1.99. The van der Waals surface area contributed by atoms with Gasteiger partial charge in [-0.05, 0) is 12.1 Å². The van der Waals surface area contributed by atoms with Crippen molar-refractivity contribution in [3.8, 4) is 0 Å². The molecule has 0 saturated carbocycles. The van der Waals surface area contributed by atoms with Crippen LogP contribution in [0.5, 0.6) is 0 Å². The van der Waals surface area contributed by atoms with Crippen LogP contribution in [0.2, 0.25) is 0 Å². The average Bonchev–Trinajstić information content (AvgIpc) is 2.58. The van der Waals surface area contributed by atoms with E-state index >= 15 is 0 Å². The Morgan fingerprint density at radius 3 is 2.55 bits per heavy atom. The minimum atomic E-state index is 1.29. The monoisotopic (exact) mass is 163 g/mol. The molecule has 0 radical (unpaired) electrons. The molecule has 56 valence electrons. The SMILES string of the molecule is c1ccc(C2=[S+]CCC2)cc1. The Hall–Kier alpha value is -0.690. The van der Waals surface area contributed by atoms with Crippen molar-refractivity contribution in [3.05, 3.63) is 35.9 Å². The summed E-state index contributed by atoms with van der Waals surface area (Å²) in [5.41, 5.74) is 1.43. The molecular weight excluding hydrogens is 152 g/mol. The largest absolute Gasteiger partial charge is 0.208 e. The maximum Gasteiger partial charge on any atom is 0.208 e. The van der Waals surface area contributed by atoms with E-state index in [9.17, 15) is 0 Å². The van der Waals surface area contributed by atoms with Crippen LogP contribution in [0.3, 0.4) is 0 Å². The van der Waals surface area contributed by atoms with Gasteiger partial charge < -0.3 is 0 Å². The summed E-state index contributed by atoms with van der Waals surface area (Å²) in [6, 6.07) is 10.7. The van der Waals surface area contributed by atoms with Crippen LogP contribution in [0.4, 0.5) is 0 Å². The van der Waals surface area contributed by atoms with E-state index in [1.54, 1.807) is 4.86 Å². The molecule has 2 rings (SSSR count). The molecule has 0 atom stereocenters. The first-order valence-electron chi connectivity index (χ1n) is 4.01. The third-order valence-electron chi connectivity index (χ3n) is 1.92. The minimum Gasteiger partial charge on any atom is -0.0622 e. The summed E-state index contributed by atoms with van der Waals surface area (Å²) in [4.78, 5) is 1.57. The van der Waals surface area contributed by atoms with Gasteiger partial charge in [0, 0.05) is 18.4 Å². The lowest BCUT2D eigenvalue weighted by Gasteiger charge is -1.90. The van der Waals surface area contributed by atoms with Crippen LogP contribution in [0, 0.1) is 0 Å². The molecule has 1 heterocycles. The van der Waals surface area contributed by atoms with Crippen LogP contribution < -0.4 is 0 Å². The normalized spacial score (nSPS) is 16.5. The molecule has 1 aliphatic heterocycles. The molecule has 0 amide bonds. The highest BCUT2D eigenvalue weighted by Crippen LogP contribution is 2.10. The maximum atomic E-state index is 2.20. The molecular formula is C10H11S+. The van der Waals surface area contributed by atoms with Crippen LogP contribution >= 0.6 is 0 Å². The topological polar surface area (TPSA) is 0 Å². The minimum absolute atomic E-state index is 1.29. The van der Waals surface area contributed by atoms with E-state index in [2.05, 4.69) is 30.3 Å². The van der Waals surface area contributed by atoms with E-state index in [-0.39, 0.29) is 0 Å². The van der Waals surface area contributed by atoms with Crippen molar-refractivity contribution in [3.63, 3.8) is 0 Å². The molecule has 0 N–H and O–H groups in total. The predicted molar refractivity (Wildman–Crippen MR) is 52.0 cm³/mol. The standard InChI is InChI=1S/C10H11S/c1-2-5-9(6-3-1)10-7-4-8-11-10/h1-3,5-6H,4,7-8H2/q+1. The molecule has 0 bridgehead atoms. The number of benzene rings is 1. The van der Waals surface area contributed by atoms with Gasteiger partial charge in [0.25, 0.3) is 0 Å². The summed E-state index contributed by atoms with van der Waals surface area (Å²) < 4.78 is 0. The second-order valence-corrected chi connectivity index (χ2v) is 3.93. The second-order valence-electron chi connectivity index (χ2n) is 2.74. The molecule has 1 aromatic rings. The summed E-state index contributed by atoms with van der Waals surface area (Å²) in [5.74, 6) is 1.31. The summed E-state index contributed by atoms with van der Waals surface area (Å²) in [5, 5.41) is 0. The van der Waals surface area contributed by atoms with Crippen molar-refractivity contribution in [1.29, 1.82) is 0 Å². The van der Waals surface area contributed by atoms with E-state index in [1.807, 2.05) is 11.4 Å². The molecule has 1 heteroatoms. The molecule has 0 unspecified atom stereocenters. The molecule has 1 aromatic carbocycles. The molecule has 0 aromatic heterocycles. The first-order valence-corrected chi connectivity index (χ1v) is 4.99. The van der Waals surface area contributed by atoms with Crippen molar-refractivity contribution in [2.75, 3.05) is 5.75 Å². The first-order chi connectivity index (χ1) is 5.47. The maximum absolute atomic E-state index is 2.20. The Balaban J connectivity index is 2.29. The van der Waals surface area contributed by atoms with Crippen LogP contribution in [-0.2, 0) is 11.4 Å². The van der Waals surface area contributed by atoms with E-state index < -0.39 is 0 Å². The van der Waals surface area contributed by atoms with Crippen molar-refractivity contribution < 1.29 is 0 Å². The highest BCUT2D eigenvalue weighted by molar-refractivity contribution is 7.79. The van der Waals surface area contributed by atoms with E-state index in [0.717, 1.165) is 0 Å². The molecule has 11 heavy (non-hydrogen) atoms. The lowest BCUT2D eigenvalue weighted by atomic mass is 10.1. The fraction of sp³-hybridized carbons (Fsp3) is 0.300. The van der Waals surface area contributed by atoms with Crippen LogP contribution in [0.25, 0.3) is 0 Å². The fourth-order valence-electron chi connectivity index (χ4n) is 1.35. The number of hydrogen-bond donors (Lipinski definition) is 0. The lowest BCUT2D eigenvalue weighted by molar-refractivity contribution is 1.04. The molecule has 0 aliphatic carbocycles. The third-order valence-corrected chi connectivity index (χ3v) is 3.20. The van der Waals surface area contributed by atoms with Gasteiger partial charge in [0.05, 0.1) is 0 Å². The number of hydrogen-bond acceptors (Lipinski definition) is 0. The molecule has 0 saturated heterocycles. The molecule has 1 aliphatic rings. The molecule has 0 spiro atoms. The van der Waals surface area contributed by atoms with E-state index in [0.29, 0.717) is 0 Å². The van der Waals surface area contributed by atoms with Crippen molar-refractivity contribution in [1.82, 2.24) is 0 Å². The van der Waals surface area contributed by atoms with Gasteiger partial charge >= 0.3 is 0 Å². The van der Waals surface area contributed by atoms with Gasteiger partial charge in [-0.1, -0.05) is 18.2 Å². The van der Waals surface area contributed by atoms with E-state index in [4.69, 9.17) is 0 Å². The lowest BCUT2D eigenvalue weighted by Crippen LogP contribution is -1.95. The van der Waals surface area contributed by atoms with Gasteiger partial charge in [0.2, 0.25) is 4.86 Å². The van der Waals surface area contributed by atoms with Gasteiger partial charge in [-0.2, -0.15) is 0 Å². The zero-order valence-corrected chi connectivity index (χ0v) is 7.23. The van der Waals surface area contributed by atoms with Crippen LogP contribution in [0.15, 0.2) is 30.3 Å². The van der Waals surface area contributed by atoms with Crippen molar-refractivity contribution in [2.45, 2.75) is 12.8 Å². The second kappa shape index (κ2) is 3.14. The smallest absolute Gasteiger partial charge is 0.0622 e. The Labute approximate surface area is 71.2 Å². The van der Waals surface area contributed by atoms with Crippen molar-refractivity contribution in [2.24, 2.45) is 0 Å². The van der Waals surface area contributed by atoms with Gasteiger partial charge in [0.1, 0.15) is 0 Å². The zero-order chi connectivity index (χ0) is 7.52. The Morgan fingerprint density at radius 2 is 1.91 bits per heavy atom. The summed E-state index contributed by atoms with van der Waals surface area (Å²) >= 11 is 2.01. The quantitative estimate of drug-likeness (QED) is 0.439. The summed E-state index contributed by atoms with van der Waals surface area (Å²) in [6.45, 7) is 0. The van der Waals surface area contributed by atoms with Crippen LogP contribution in [0.1, 0.15) is 18.4 Å². The van der Waals surface area contributed by atoms with E-state index in [1.165, 1.54) is 24.2 Å². The van der Waals surface area contributed by atoms with Gasteiger partial charge in [-0.25, -0.2) is 0 Å².